The van der Waals surface area contributed by atoms with Crippen molar-refractivity contribution < 1.29 is 4.79 Å². The van der Waals surface area contributed by atoms with E-state index >= 15 is 0 Å². The van der Waals surface area contributed by atoms with Crippen molar-refractivity contribution in [1.82, 2.24) is 9.55 Å². The summed E-state index contributed by atoms with van der Waals surface area (Å²) in [5.74, 6) is 1.08. The minimum Gasteiger partial charge on any atom is -0.338 e. The summed E-state index contributed by atoms with van der Waals surface area (Å²) >= 11 is 0. The van der Waals surface area contributed by atoms with Crippen LogP contribution in [0.15, 0.2) is 42.7 Å². The Hall–Kier alpha value is -1.90. The Morgan fingerprint density at radius 3 is 2.71 bits per heavy atom. The number of Topliss-reactive ketones (excluding diaryl/α,β-unsaturated/α-hetero) is 1. The normalized spacial score (nSPS) is 10.4. The third-order valence-electron chi connectivity index (χ3n) is 2.81. The smallest absolute Gasteiger partial charge is 0.140 e. The van der Waals surface area contributed by atoms with Gasteiger partial charge < -0.3 is 4.57 Å². The number of aryl methyl sites for hydroxylation is 2. The van der Waals surface area contributed by atoms with Crippen LogP contribution in [0.3, 0.4) is 0 Å². The first kappa shape index (κ1) is 11.6. The van der Waals surface area contributed by atoms with Crippen LogP contribution in [0.5, 0.6) is 0 Å². The topological polar surface area (TPSA) is 34.9 Å². The van der Waals surface area contributed by atoms with Gasteiger partial charge in [0.2, 0.25) is 0 Å². The zero-order valence-electron chi connectivity index (χ0n) is 9.97. The molecule has 1 aromatic heterocycles. The number of hydrogen-bond acceptors (Lipinski definition) is 2. The fourth-order valence-electron chi connectivity index (χ4n) is 1.76. The minimum absolute atomic E-state index is 0.239. The second-order valence-corrected chi connectivity index (χ2v) is 4.16. The average Bonchev–Trinajstić information content (AvgIpc) is 2.74. The van der Waals surface area contributed by atoms with Crippen molar-refractivity contribution in [2.24, 2.45) is 7.05 Å². The van der Waals surface area contributed by atoms with Crippen molar-refractivity contribution in [2.75, 3.05) is 0 Å². The molecule has 2 aromatic rings. The molecule has 0 unspecified atom stereocenters. The van der Waals surface area contributed by atoms with Gasteiger partial charge in [0.1, 0.15) is 11.6 Å². The van der Waals surface area contributed by atoms with E-state index in [0.29, 0.717) is 12.8 Å². The van der Waals surface area contributed by atoms with Crippen molar-refractivity contribution in [1.29, 1.82) is 0 Å². The number of aromatic nitrogens is 2. The molecule has 0 spiro atoms. The predicted molar refractivity (Wildman–Crippen MR) is 66.7 cm³/mol. The van der Waals surface area contributed by atoms with E-state index < -0.39 is 0 Å². The zero-order valence-corrected chi connectivity index (χ0v) is 9.97. The second-order valence-electron chi connectivity index (χ2n) is 4.16. The van der Waals surface area contributed by atoms with E-state index in [1.807, 2.05) is 48.1 Å². The molecular weight excluding hydrogens is 212 g/mol. The van der Waals surface area contributed by atoms with Crippen LogP contribution in [0.25, 0.3) is 0 Å². The zero-order chi connectivity index (χ0) is 12.1. The van der Waals surface area contributed by atoms with E-state index in [4.69, 9.17) is 0 Å². The molecule has 0 fully saturated rings. The van der Waals surface area contributed by atoms with E-state index in [1.165, 1.54) is 5.56 Å². The Bertz CT molecular complexity index is 488. The minimum atomic E-state index is 0.239. The molecule has 0 atom stereocenters. The van der Waals surface area contributed by atoms with Crippen LogP contribution in [-0.2, 0) is 24.7 Å². The molecular formula is C14H16N2O. The van der Waals surface area contributed by atoms with Gasteiger partial charge in [-0.3, -0.25) is 4.79 Å². The van der Waals surface area contributed by atoms with E-state index in [-0.39, 0.29) is 5.78 Å². The highest BCUT2D eigenvalue weighted by atomic mass is 16.1. The van der Waals surface area contributed by atoms with Gasteiger partial charge in [-0.2, -0.15) is 0 Å². The van der Waals surface area contributed by atoms with Crippen LogP contribution in [-0.4, -0.2) is 15.3 Å². The molecule has 3 nitrogen and oxygen atoms in total. The molecule has 3 heteroatoms. The van der Waals surface area contributed by atoms with Gasteiger partial charge >= 0.3 is 0 Å². The summed E-state index contributed by atoms with van der Waals surface area (Å²) in [6.07, 6.45) is 5.40. The molecule has 0 saturated carbocycles. The van der Waals surface area contributed by atoms with Gasteiger partial charge in [-0.15, -0.1) is 0 Å². The third-order valence-corrected chi connectivity index (χ3v) is 2.81. The fourth-order valence-corrected chi connectivity index (χ4v) is 1.76. The van der Waals surface area contributed by atoms with Gasteiger partial charge in [-0.05, 0) is 12.0 Å². The Morgan fingerprint density at radius 2 is 2.06 bits per heavy atom. The maximum atomic E-state index is 11.8. The summed E-state index contributed by atoms with van der Waals surface area (Å²) in [6, 6.07) is 10.1. The van der Waals surface area contributed by atoms with E-state index in [9.17, 15) is 4.79 Å². The molecule has 2 rings (SSSR count). The highest BCUT2D eigenvalue weighted by molar-refractivity contribution is 5.80. The molecule has 0 radical (unpaired) electrons. The van der Waals surface area contributed by atoms with E-state index in [1.54, 1.807) is 6.20 Å². The highest BCUT2D eigenvalue weighted by Gasteiger charge is 2.07. The van der Waals surface area contributed by atoms with Crippen LogP contribution >= 0.6 is 0 Å². The molecule has 0 saturated heterocycles. The van der Waals surface area contributed by atoms with Gasteiger partial charge in [0.25, 0.3) is 0 Å². The first-order chi connectivity index (χ1) is 8.25. The van der Waals surface area contributed by atoms with Crippen molar-refractivity contribution in [2.45, 2.75) is 19.3 Å². The van der Waals surface area contributed by atoms with Gasteiger partial charge in [-0.1, -0.05) is 30.3 Å². The van der Waals surface area contributed by atoms with Gasteiger partial charge in [0.05, 0.1) is 6.42 Å². The van der Waals surface area contributed by atoms with Crippen LogP contribution in [0.4, 0.5) is 0 Å². The molecule has 0 aliphatic heterocycles. The lowest BCUT2D eigenvalue weighted by atomic mass is 10.1. The Balaban J connectivity index is 1.85. The SMILES string of the molecule is Cn1ccnc1CC(=O)CCc1ccccc1. The molecule has 1 aromatic carbocycles. The molecule has 0 aliphatic rings. The van der Waals surface area contributed by atoms with Crippen molar-refractivity contribution in [3.63, 3.8) is 0 Å². The number of carbonyl (C=O) groups excluding carboxylic acids is 1. The van der Waals surface area contributed by atoms with Crippen molar-refractivity contribution >= 4 is 5.78 Å². The molecule has 0 N–H and O–H groups in total. The number of imidazole rings is 1. The number of carbonyl (C=O) groups is 1. The fraction of sp³-hybridized carbons (Fsp3) is 0.286. The van der Waals surface area contributed by atoms with E-state index in [0.717, 1.165) is 12.2 Å². The van der Waals surface area contributed by atoms with E-state index in [2.05, 4.69) is 4.98 Å². The molecule has 1 heterocycles. The standard InChI is InChI=1S/C14H16N2O/c1-16-10-9-15-14(16)11-13(17)8-7-12-5-3-2-4-6-12/h2-6,9-10H,7-8,11H2,1H3. The summed E-state index contributed by atoms with van der Waals surface area (Å²) in [4.78, 5) is 15.9. The third kappa shape index (κ3) is 3.28. The molecule has 88 valence electrons. The van der Waals surface area contributed by atoms with Crippen LogP contribution < -0.4 is 0 Å². The molecule has 0 bridgehead atoms. The highest BCUT2D eigenvalue weighted by Crippen LogP contribution is 2.05. The molecule has 0 aliphatic carbocycles. The Labute approximate surface area is 101 Å². The lowest BCUT2D eigenvalue weighted by Gasteiger charge is -2.02. The largest absolute Gasteiger partial charge is 0.338 e. The Kier molecular flexibility index (Phi) is 3.70. The van der Waals surface area contributed by atoms with Crippen LogP contribution in [0.2, 0.25) is 0 Å². The summed E-state index contributed by atoms with van der Waals surface area (Å²) in [6.45, 7) is 0. The number of hydrogen-bond donors (Lipinski definition) is 0. The first-order valence-corrected chi connectivity index (χ1v) is 5.77. The lowest BCUT2D eigenvalue weighted by molar-refractivity contribution is -0.118. The maximum absolute atomic E-state index is 11.8. The second kappa shape index (κ2) is 5.43. The summed E-state index contributed by atoms with van der Waals surface area (Å²) in [7, 11) is 1.91. The Morgan fingerprint density at radius 1 is 1.29 bits per heavy atom. The van der Waals surface area contributed by atoms with Gasteiger partial charge in [0, 0.05) is 25.9 Å². The van der Waals surface area contributed by atoms with Crippen molar-refractivity contribution in [3.05, 3.63) is 54.1 Å². The number of rotatable bonds is 5. The summed E-state index contributed by atoms with van der Waals surface area (Å²) in [5.41, 5.74) is 1.21. The monoisotopic (exact) mass is 228 g/mol. The summed E-state index contributed by atoms with van der Waals surface area (Å²) < 4.78 is 1.89. The molecule has 17 heavy (non-hydrogen) atoms. The van der Waals surface area contributed by atoms with Gasteiger partial charge in [0.15, 0.2) is 0 Å². The number of benzene rings is 1. The lowest BCUT2D eigenvalue weighted by Crippen LogP contribution is -2.08. The summed E-state index contributed by atoms with van der Waals surface area (Å²) in [5, 5.41) is 0. The first-order valence-electron chi connectivity index (χ1n) is 5.77. The van der Waals surface area contributed by atoms with Gasteiger partial charge in [-0.25, -0.2) is 4.98 Å². The van der Waals surface area contributed by atoms with Crippen LogP contribution in [0, 0.1) is 0 Å². The predicted octanol–water partition coefficient (Wildman–Crippen LogP) is 2.16. The maximum Gasteiger partial charge on any atom is 0.140 e. The number of nitrogens with zero attached hydrogens (tertiary/aromatic N) is 2. The number of ketones is 1. The average molecular weight is 228 g/mol. The quantitative estimate of drug-likeness (QED) is 0.786. The van der Waals surface area contributed by atoms with Crippen molar-refractivity contribution in [3.8, 4) is 0 Å². The van der Waals surface area contributed by atoms with Crippen LogP contribution in [0.1, 0.15) is 17.8 Å². The molecule has 0 amide bonds.